The lowest BCUT2D eigenvalue weighted by Gasteiger charge is -2.14. The topological polar surface area (TPSA) is 64.3 Å². The van der Waals surface area contributed by atoms with Crippen LogP contribution in [-0.4, -0.2) is 21.8 Å². The van der Waals surface area contributed by atoms with Crippen molar-refractivity contribution in [3.05, 3.63) is 116 Å². The maximum atomic E-state index is 13.6. The van der Waals surface area contributed by atoms with Gasteiger partial charge in [0.25, 0.3) is 5.56 Å². The minimum atomic E-state index is -0.149. The smallest absolute Gasteiger partial charge is 0.266 e. The van der Waals surface area contributed by atoms with Crippen molar-refractivity contribution in [2.24, 2.45) is 0 Å². The van der Waals surface area contributed by atoms with Gasteiger partial charge in [0.2, 0.25) is 0 Å². The summed E-state index contributed by atoms with van der Waals surface area (Å²) in [4.78, 5) is 19.4. The van der Waals surface area contributed by atoms with E-state index in [1.54, 1.807) is 46.2 Å². The van der Waals surface area contributed by atoms with Crippen LogP contribution in [0.1, 0.15) is 27.4 Å². The number of phenolic OH excluding ortho intramolecular Hbond substituents is 1. The van der Waals surface area contributed by atoms with Gasteiger partial charge in [-0.15, -0.1) is 11.3 Å². The molecule has 1 N–H and O–H groups in total. The molecule has 176 valence electrons. The fourth-order valence-corrected chi connectivity index (χ4v) is 4.50. The number of phenols is 1. The molecule has 2 aromatic heterocycles. The summed E-state index contributed by atoms with van der Waals surface area (Å²) in [7, 11) is 1.50. The van der Waals surface area contributed by atoms with Gasteiger partial charge in [-0.3, -0.25) is 9.36 Å². The van der Waals surface area contributed by atoms with Crippen LogP contribution in [0.5, 0.6) is 11.5 Å². The predicted octanol–water partition coefficient (Wildman–Crippen LogP) is 6.04. The van der Waals surface area contributed by atoms with Gasteiger partial charge in [0.15, 0.2) is 11.5 Å². The molecule has 5 aromatic rings. The third-order valence-electron chi connectivity index (χ3n) is 5.72. The molecule has 3 aromatic carbocycles. The fourth-order valence-electron chi connectivity index (χ4n) is 3.93. The molecular weight excluding hydrogens is 468 g/mol. The monoisotopic (exact) mass is 490 g/mol. The van der Waals surface area contributed by atoms with Crippen LogP contribution < -0.4 is 10.3 Å². The van der Waals surface area contributed by atoms with Crippen molar-refractivity contribution in [2.75, 3.05) is 7.11 Å². The zero-order valence-corrected chi connectivity index (χ0v) is 20.5. The van der Waals surface area contributed by atoms with Crippen LogP contribution in [0.25, 0.3) is 28.7 Å². The lowest BCUT2D eigenvalue weighted by molar-refractivity contribution is 0.373. The quantitative estimate of drug-likeness (QED) is 0.312. The van der Waals surface area contributed by atoms with E-state index in [0.717, 1.165) is 27.3 Å². The number of nitrogens with zero attached hydrogens (tertiary/aromatic N) is 2. The van der Waals surface area contributed by atoms with E-state index < -0.39 is 0 Å². The highest BCUT2D eigenvalue weighted by atomic mass is 32.1. The summed E-state index contributed by atoms with van der Waals surface area (Å²) in [6.07, 6.45) is 3.63. The largest absolute Gasteiger partial charge is 0.504 e. The van der Waals surface area contributed by atoms with Gasteiger partial charge < -0.3 is 9.84 Å². The van der Waals surface area contributed by atoms with Gasteiger partial charge in [-0.05, 0) is 78.0 Å². The average molecular weight is 491 g/mol. The number of aromatic nitrogens is 2. The first-order valence-electron chi connectivity index (χ1n) is 11.3. The molecule has 0 aliphatic carbocycles. The molecule has 0 fully saturated rings. The fraction of sp³-hybridized carbons (Fsp3) is 0.0667. The lowest BCUT2D eigenvalue weighted by Crippen LogP contribution is -2.23. The van der Waals surface area contributed by atoms with Gasteiger partial charge in [-0.25, -0.2) is 4.98 Å². The molecule has 0 spiro atoms. The second kappa shape index (κ2) is 9.95. The molecule has 0 aliphatic rings. The van der Waals surface area contributed by atoms with Gasteiger partial charge in [0, 0.05) is 5.56 Å². The standard InChI is InChI=1S/C30H22N2O3S/c1-20-18-21(9-13-23-6-5-17-36-23)10-14-26(20)32-29(31-25-8-4-3-7-24(25)30(32)34)16-12-22-11-15-27(33)28(19-22)35-2/h3-8,10-12,14-19,33H,1-2H3. The van der Waals surface area contributed by atoms with Crippen LogP contribution >= 0.6 is 11.3 Å². The van der Waals surface area contributed by atoms with Crippen LogP contribution in [-0.2, 0) is 0 Å². The molecule has 2 heterocycles. The van der Waals surface area contributed by atoms with Crippen molar-refractivity contribution < 1.29 is 9.84 Å². The highest BCUT2D eigenvalue weighted by molar-refractivity contribution is 7.10. The highest BCUT2D eigenvalue weighted by Crippen LogP contribution is 2.27. The molecule has 6 heteroatoms. The Morgan fingerprint density at radius 1 is 1.00 bits per heavy atom. The van der Waals surface area contributed by atoms with E-state index in [9.17, 15) is 9.90 Å². The van der Waals surface area contributed by atoms with Crippen molar-refractivity contribution in [3.8, 4) is 29.0 Å². The van der Waals surface area contributed by atoms with Crippen molar-refractivity contribution >= 4 is 34.4 Å². The second-order valence-electron chi connectivity index (χ2n) is 8.12. The number of hydrogen-bond acceptors (Lipinski definition) is 5. The van der Waals surface area contributed by atoms with E-state index in [1.807, 2.05) is 66.9 Å². The second-order valence-corrected chi connectivity index (χ2v) is 9.07. The summed E-state index contributed by atoms with van der Waals surface area (Å²) in [5, 5.41) is 12.4. The first-order valence-corrected chi connectivity index (χ1v) is 12.1. The molecule has 36 heavy (non-hydrogen) atoms. The van der Waals surface area contributed by atoms with Crippen LogP contribution in [0.2, 0.25) is 0 Å². The summed E-state index contributed by atoms with van der Waals surface area (Å²) in [6, 6.07) is 22.2. The number of benzene rings is 3. The van der Waals surface area contributed by atoms with Crippen molar-refractivity contribution in [1.29, 1.82) is 0 Å². The van der Waals surface area contributed by atoms with Gasteiger partial charge >= 0.3 is 0 Å². The number of aromatic hydroxyl groups is 1. The Labute approximate surface area is 212 Å². The number of rotatable bonds is 4. The molecule has 0 atom stereocenters. The Bertz CT molecular complexity index is 1720. The highest BCUT2D eigenvalue weighted by Gasteiger charge is 2.13. The molecule has 0 saturated carbocycles. The van der Waals surface area contributed by atoms with Crippen LogP contribution in [0.3, 0.4) is 0 Å². The summed E-state index contributed by atoms with van der Waals surface area (Å²) >= 11 is 1.60. The summed E-state index contributed by atoms with van der Waals surface area (Å²) in [6.45, 7) is 1.96. The minimum Gasteiger partial charge on any atom is -0.504 e. The SMILES string of the molecule is COc1cc(C=Cc2nc3ccccc3c(=O)n2-c2ccc(C#Cc3cccs3)cc2C)ccc1O. The van der Waals surface area contributed by atoms with Crippen molar-refractivity contribution in [2.45, 2.75) is 6.92 Å². The van der Waals surface area contributed by atoms with Crippen LogP contribution in [0.15, 0.2) is 83.0 Å². The van der Waals surface area contributed by atoms with Crippen molar-refractivity contribution in [3.63, 3.8) is 0 Å². The van der Waals surface area contributed by atoms with Crippen molar-refractivity contribution in [1.82, 2.24) is 9.55 Å². The third-order valence-corrected chi connectivity index (χ3v) is 6.50. The Balaban J connectivity index is 1.62. The van der Waals surface area contributed by atoms with E-state index in [2.05, 4.69) is 11.8 Å². The number of para-hydroxylation sites is 1. The Kier molecular flexibility index (Phi) is 6.40. The molecule has 5 rings (SSSR count). The Morgan fingerprint density at radius 2 is 1.86 bits per heavy atom. The molecule has 0 radical (unpaired) electrons. The minimum absolute atomic E-state index is 0.0632. The van der Waals surface area contributed by atoms with E-state index >= 15 is 0 Å². The summed E-state index contributed by atoms with van der Waals surface area (Å²) in [5.74, 6) is 7.30. The number of fused-ring (bicyclic) bond motifs is 1. The van der Waals surface area contributed by atoms with E-state index in [4.69, 9.17) is 9.72 Å². The Hall–Kier alpha value is -4.60. The maximum absolute atomic E-state index is 13.6. The van der Waals surface area contributed by atoms with Gasteiger partial charge in [0.05, 0.1) is 28.6 Å². The normalized spacial score (nSPS) is 10.9. The molecule has 5 nitrogen and oxygen atoms in total. The number of aryl methyl sites for hydroxylation is 1. The van der Waals surface area contributed by atoms with Gasteiger partial charge in [0.1, 0.15) is 5.82 Å². The lowest BCUT2D eigenvalue weighted by atomic mass is 10.1. The molecule has 0 amide bonds. The average Bonchev–Trinajstić information content (AvgIpc) is 3.41. The molecule has 0 unspecified atom stereocenters. The summed E-state index contributed by atoms with van der Waals surface area (Å²) in [5.41, 5.74) is 3.80. The zero-order valence-electron chi connectivity index (χ0n) is 19.7. The predicted molar refractivity (Wildman–Crippen MR) is 146 cm³/mol. The summed E-state index contributed by atoms with van der Waals surface area (Å²) < 4.78 is 6.84. The van der Waals surface area contributed by atoms with E-state index in [0.29, 0.717) is 22.5 Å². The maximum Gasteiger partial charge on any atom is 0.266 e. The van der Waals surface area contributed by atoms with Crippen LogP contribution in [0.4, 0.5) is 0 Å². The molecule has 0 aliphatic heterocycles. The molecule has 0 bridgehead atoms. The Morgan fingerprint density at radius 3 is 2.64 bits per heavy atom. The molecular formula is C30H22N2O3S. The van der Waals surface area contributed by atoms with E-state index in [1.165, 1.54) is 7.11 Å². The number of thiophene rings is 1. The van der Waals surface area contributed by atoms with Gasteiger partial charge in [-0.2, -0.15) is 0 Å². The zero-order chi connectivity index (χ0) is 25.1. The number of hydrogen-bond donors (Lipinski definition) is 1. The number of ether oxygens (including phenoxy) is 1. The first-order chi connectivity index (χ1) is 17.5. The van der Waals surface area contributed by atoms with Gasteiger partial charge in [-0.1, -0.05) is 42.2 Å². The molecule has 0 saturated heterocycles. The third kappa shape index (κ3) is 4.65. The van der Waals surface area contributed by atoms with Crippen LogP contribution in [0, 0.1) is 18.8 Å². The number of methoxy groups -OCH3 is 1. The van der Waals surface area contributed by atoms with E-state index in [-0.39, 0.29) is 11.3 Å². The first kappa shape index (κ1) is 23.2.